The molecule has 158 valence electrons. The summed E-state index contributed by atoms with van der Waals surface area (Å²) in [7, 11) is 1.70. The molecule has 1 fully saturated rings. The summed E-state index contributed by atoms with van der Waals surface area (Å²) in [5.41, 5.74) is 1.01. The molecule has 0 N–H and O–H groups in total. The maximum atomic E-state index is 12.6. The molecule has 0 saturated carbocycles. The van der Waals surface area contributed by atoms with Gasteiger partial charge in [0.15, 0.2) is 0 Å². The first kappa shape index (κ1) is 22.6. The van der Waals surface area contributed by atoms with Crippen LogP contribution < -0.4 is 0 Å². The Labute approximate surface area is 172 Å². The number of nitrogens with zero attached hydrogens (tertiary/aromatic N) is 2. The van der Waals surface area contributed by atoms with Crippen LogP contribution in [0.3, 0.4) is 0 Å². The Morgan fingerprint density at radius 1 is 1.14 bits per heavy atom. The van der Waals surface area contributed by atoms with Crippen molar-refractivity contribution in [1.82, 2.24) is 9.80 Å². The second kappa shape index (κ2) is 10.7. The topological polar surface area (TPSA) is 84.0 Å². The van der Waals surface area contributed by atoms with Crippen molar-refractivity contribution in [3.63, 3.8) is 0 Å². The molecular formula is C22H30N2O5. The molecule has 2 amide bonds. The first-order valence-corrected chi connectivity index (χ1v) is 10.1. The van der Waals surface area contributed by atoms with E-state index in [9.17, 15) is 19.2 Å². The lowest BCUT2D eigenvalue weighted by Gasteiger charge is -2.24. The number of ether oxygens (including phenoxy) is 1. The van der Waals surface area contributed by atoms with Gasteiger partial charge in [0.25, 0.3) is 5.78 Å². The largest absolute Gasteiger partial charge is 0.460 e. The van der Waals surface area contributed by atoms with E-state index in [1.54, 1.807) is 11.9 Å². The standard InChI is InChI=1S/C22H30N2O5/c1-16(2)15-29-22(28)21(27)18-10-7-13-24(18)20(26)12-11-19(25)23(3)14-17-8-5-4-6-9-17/h4-6,8-9,16,18H,7,10-15H2,1-3H3/t18-/m0/s1. The third-order valence-corrected chi connectivity index (χ3v) is 4.87. The monoisotopic (exact) mass is 402 g/mol. The SMILES string of the molecule is CC(C)COC(=O)C(=O)[C@@H]1CCCN1C(=O)CCC(=O)N(C)Cc1ccccc1. The number of amides is 2. The first-order valence-electron chi connectivity index (χ1n) is 10.1. The van der Waals surface area contributed by atoms with Gasteiger partial charge in [-0.1, -0.05) is 44.2 Å². The summed E-state index contributed by atoms with van der Waals surface area (Å²) in [6, 6.07) is 8.83. The van der Waals surface area contributed by atoms with Crippen LogP contribution in [0.4, 0.5) is 0 Å². The van der Waals surface area contributed by atoms with E-state index in [4.69, 9.17) is 4.74 Å². The minimum absolute atomic E-state index is 0.0167. The number of ketones is 1. The smallest absolute Gasteiger partial charge is 0.376 e. The number of rotatable bonds is 9. The molecule has 2 rings (SSSR count). The van der Waals surface area contributed by atoms with Crippen molar-refractivity contribution in [2.75, 3.05) is 20.2 Å². The lowest BCUT2D eigenvalue weighted by Crippen LogP contribution is -2.44. The van der Waals surface area contributed by atoms with Crippen molar-refractivity contribution in [3.05, 3.63) is 35.9 Å². The quantitative estimate of drug-likeness (QED) is 0.467. The number of esters is 1. The number of likely N-dealkylation sites (tertiary alicyclic amines) is 1. The van der Waals surface area contributed by atoms with Gasteiger partial charge in [0.2, 0.25) is 11.8 Å². The number of carbonyl (C=O) groups is 4. The normalized spacial score (nSPS) is 16.0. The third-order valence-electron chi connectivity index (χ3n) is 4.87. The molecule has 7 nitrogen and oxygen atoms in total. The van der Waals surface area contributed by atoms with Crippen LogP contribution in [0.25, 0.3) is 0 Å². The molecule has 1 aliphatic rings. The van der Waals surface area contributed by atoms with E-state index in [0.717, 1.165) is 5.56 Å². The summed E-state index contributed by atoms with van der Waals surface area (Å²) >= 11 is 0. The Kier molecular flexibility index (Phi) is 8.36. The highest BCUT2D eigenvalue weighted by atomic mass is 16.5. The molecule has 0 radical (unpaired) electrons. The Morgan fingerprint density at radius 3 is 2.48 bits per heavy atom. The van der Waals surface area contributed by atoms with Gasteiger partial charge in [0.1, 0.15) is 6.04 Å². The highest BCUT2D eigenvalue weighted by Crippen LogP contribution is 2.20. The van der Waals surface area contributed by atoms with Crippen LogP contribution in [-0.4, -0.2) is 59.6 Å². The predicted molar refractivity (Wildman–Crippen MR) is 108 cm³/mol. The Morgan fingerprint density at radius 2 is 1.83 bits per heavy atom. The lowest BCUT2D eigenvalue weighted by atomic mass is 10.1. The van der Waals surface area contributed by atoms with E-state index in [-0.39, 0.29) is 37.2 Å². The minimum atomic E-state index is -0.887. The van der Waals surface area contributed by atoms with Crippen molar-refractivity contribution >= 4 is 23.6 Å². The van der Waals surface area contributed by atoms with Crippen molar-refractivity contribution in [3.8, 4) is 0 Å². The maximum absolute atomic E-state index is 12.6. The summed E-state index contributed by atoms with van der Waals surface area (Å²) in [6.45, 7) is 4.83. The molecule has 1 aromatic carbocycles. The van der Waals surface area contributed by atoms with Crippen molar-refractivity contribution in [2.45, 2.75) is 52.1 Å². The highest BCUT2D eigenvalue weighted by Gasteiger charge is 2.38. The van der Waals surface area contributed by atoms with Gasteiger partial charge in [-0.05, 0) is 24.3 Å². The average Bonchev–Trinajstić information content (AvgIpc) is 3.19. The van der Waals surface area contributed by atoms with Gasteiger partial charge in [-0.3, -0.25) is 14.4 Å². The number of Topliss-reactive ketones (excluding diaryl/α,β-unsaturated/α-hetero) is 1. The fraction of sp³-hybridized carbons (Fsp3) is 0.545. The predicted octanol–water partition coefficient (Wildman–Crippen LogP) is 2.18. The van der Waals surface area contributed by atoms with Crippen LogP contribution >= 0.6 is 0 Å². The van der Waals surface area contributed by atoms with Gasteiger partial charge in [0, 0.05) is 33.0 Å². The fourth-order valence-electron chi connectivity index (χ4n) is 3.28. The van der Waals surface area contributed by atoms with Gasteiger partial charge in [-0.2, -0.15) is 0 Å². The van der Waals surface area contributed by atoms with Crippen LogP contribution in [0.5, 0.6) is 0 Å². The number of hydrogen-bond acceptors (Lipinski definition) is 5. The second-order valence-electron chi connectivity index (χ2n) is 7.84. The maximum Gasteiger partial charge on any atom is 0.376 e. The van der Waals surface area contributed by atoms with E-state index in [0.29, 0.717) is 25.9 Å². The molecule has 0 aliphatic carbocycles. The Bertz CT molecular complexity index is 732. The summed E-state index contributed by atoms with van der Waals surface area (Å²) in [5, 5.41) is 0. The van der Waals surface area contributed by atoms with E-state index < -0.39 is 17.8 Å². The second-order valence-corrected chi connectivity index (χ2v) is 7.84. The minimum Gasteiger partial charge on any atom is -0.460 e. The van der Waals surface area contributed by atoms with Crippen LogP contribution in [0, 0.1) is 5.92 Å². The first-order chi connectivity index (χ1) is 13.8. The summed E-state index contributed by atoms with van der Waals surface area (Å²) in [6.07, 6.45) is 1.19. The van der Waals surface area contributed by atoms with Crippen molar-refractivity contribution in [1.29, 1.82) is 0 Å². The molecule has 0 unspecified atom stereocenters. The van der Waals surface area contributed by atoms with Crippen LogP contribution in [0.1, 0.15) is 45.1 Å². The van der Waals surface area contributed by atoms with Crippen molar-refractivity contribution in [2.24, 2.45) is 5.92 Å². The zero-order valence-corrected chi connectivity index (χ0v) is 17.4. The van der Waals surface area contributed by atoms with E-state index in [1.807, 2.05) is 44.2 Å². The van der Waals surface area contributed by atoms with Crippen LogP contribution in [0.2, 0.25) is 0 Å². The molecule has 29 heavy (non-hydrogen) atoms. The van der Waals surface area contributed by atoms with Crippen LogP contribution in [0.15, 0.2) is 30.3 Å². The highest BCUT2D eigenvalue weighted by molar-refractivity contribution is 6.36. The molecule has 7 heteroatoms. The number of carbonyl (C=O) groups excluding carboxylic acids is 4. The molecule has 0 aromatic heterocycles. The Hall–Kier alpha value is -2.70. The molecule has 1 aliphatic heterocycles. The van der Waals surface area contributed by atoms with E-state index in [2.05, 4.69) is 0 Å². The zero-order chi connectivity index (χ0) is 21.4. The summed E-state index contributed by atoms with van der Waals surface area (Å²) < 4.78 is 5.00. The summed E-state index contributed by atoms with van der Waals surface area (Å²) in [4.78, 5) is 52.3. The third kappa shape index (κ3) is 6.69. The Balaban J connectivity index is 1.84. The molecule has 0 spiro atoms. The van der Waals surface area contributed by atoms with Gasteiger partial charge in [-0.25, -0.2) is 4.79 Å². The van der Waals surface area contributed by atoms with Crippen LogP contribution in [-0.2, 0) is 30.5 Å². The fourth-order valence-corrected chi connectivity index (χ4v) is 3.28. The van der Waals surface area contributed by atoms with Crippen molar-refractivity contribution < 1.29 is 23.9 Å². The molecule has 0 bridgehead atoms. The molecular weight excluding hydrogens is 372 g/mol. The average molecular weight is 402 g/mol. The van der Waals surface area contributed by atoms with Gasteiger partial charge < -0.3 is 14.5 Å². The van der Waals surface area contributed by atoms with Gasteiger partial charge in [0.05, 0.1) is 6.61 Å². The molecule has 1 atom stereocenters. The van der Waals surface area contributed by atoms with Gasteiger partial charge >= 0.3 is 5.97 Å². The van der Waals surface area contributed by atoms with Gasteiger partial charge in [-0.15, -0.1) is 0 Å². The number of benzene rings is 1. The molecule has 1 aromatic rings. The van der Waals surface area contributed by atoms with E-state index >= 15 is 0 Å². The molecule has 1 saturated heterocycles. The van der Waals surface area contributed by atoms with E-state index in [1.165, 1.54) is 4.90 Å². The lowest BCUT2D eigenvalue weighted by molar-refractivity contribution is -0.157. The zero-order valence-electron chi connectivity index (χ0n) is 17.4. The summed E-state index contributed by atoms with van der Waals surface area (Å²) in [5.74, 6) is -1.85. The molecule has 1 heterocycles. The number of hydrogen-bond donors (Lipinski definition) is 0.